The van der Waals surface area contributed by atoms with Crippen LogP contribution in [0, 0.1) is 5.92 Å². The van der Waals surface area contributed by atoms with Crippen molar-refractivity contribution in [3.63, 3.8) is 0 Å². The monoisotopic (exact) mass is 775 g/mol. The van der Waals surface area contributed by atoms with E-state index in [-0.39, 0.29) is 41.7 Å². The van der Waals surface area contributed by atoms with E-state index in [2.05, 4.69) is 9.88 Å². The average Bonchev–Trinajstić information content (AvgIpc) is 3.15. The fourth-order valence-corrected chi connectivity index (χ4v) is 7.14. The second-order valence-electron chi connectivity index (χ2n) is 12.7. The number of benzene rings is 3. The lowest BCUT2D eigenvalue weighted by molar-refractivity contribution is -0.377. The molecule has 2 bridgehead atoms. The maximum Gasteiger partial charge on any atom is 0.416 e. The molecule has 3 aliphatic rings. The minimum Gasteiger partial charge on any atom is -0.870 e. The van der Waals surface area contributed by atoms with E-state index in [0.29, 0.717) is 44.8 Å². The highest BCUT2D eigenvalue weighted by atomic mass is 35.5. The molecule has 0 saturated carbocycles. The first-order chi connectivity index (χ1) is 24.9. The third-order valence-electron chi connectivity index (χ3n) is 9.50. The van der Waals surface area contributed by atoms with Gasteiger partial charge in [-0.25, -0.2) is 14.6 Å². The van der Waals surface area contributed by atoms with E-state index in [4.69, 9.17) is 42.1 Å². The molecule has 0 aliphatic carbocycles. The molecule has 3 aliphatic heterocycles. The third kappa shape index (κ3) is 9.33. The number of methoxy groups -OCH3 is 2. The first-order valence-corrected chi connectivity index (χ1v) is 17.4. The molecule has 1 aromatic heterocycles. The van der Waals surface area contributed by atoms with E-state index in [9.17, 15) is 22.8 Å². The van der Waals surface area contributed by atoms with Crippen LogP contribution in [0.3, 0.4) is 0 Å². The van der Waals surface area contributed by atoms with Crippen LogP contribution in [-0.4, -0.2) is 62.4 Å². The number of carbonyl (C=O) groups excluding carboxylic acids is 2. The number of hydrogen-bond donors (Lipinski definition) is 0. The second-order valence-corrected chi connectivity index (χ2v) is 13.5. The van der Waals surface area contributed by atoms with Gasteiger partial charge in [-0.2, -0.15) is 13.2 Å². The summed E-state index contributed by atoms with van der Waals surface area (Å²) in [5.41, 5.74) is 1.07. The van der Waals surface area contributed by atoms with Gasteiger partial charge in [-0.05, 0) is 85.4 Å². The van der Waals surface area contributed by atoms with Gasteiger partial charge in [0.1, 0.15) is 22.3 Å². The highest BCUT2D eigenvalue weighted by Crippen LogP contribution is 2.37. The zero-order valence-electron chi connectivity index (χ0n) is 28.9. The average molecular weight is 777 g/mol. The Labute approximate surface area is 314 Å². The molecule has 2 atom stereocenters. The van der Waals surface area contributed by atoms with E-state index in [1.807, 2.05) is 0 Å². The molecule has 1 amide bonds. The van der Waals surface area contributed by atoms with E-state index >= 15 is 0 Å². The highest BCUT2D eigenvalue weighted by Gasteiger charge is 2.38. The Morgan fingerprint density at radius 1 is 0.943 bits per heavy atom. The van der Waals surface area contributed by atoms with Crippen LogP contribution in [0.5, 0.6) is 11.5 Å². The van der Waals surface area contributed by atoms with Crippen LogP contribution in [0.25, 0.3) is 0 Å². The summed E-state index contributed by atoms with van der Waals surface area (Å²) in [6.45, 7) is 2.36. The van der Waals surface area contributed by atoms with Crippen LogP contribution in [0.1, 0.15) is 51.6 Å². The van der Waals surface area contributed by atoms with E-state index in [1.165, 1.54) is 43.4 Å². The predicted molar refractivity (Wildman–Crippen MR) is 190 cm³/mol. The lowest BCUT2D eigenvalue weighted by Crippen LogP contribution is -2.53. The van der Waals surface area contributed by atoms with Gasteiger partial charge in [-0.15, -0.1) is 0 Å². The lowest BCUT2D eigenvalue weighted by atomic mass is 9.86. The van der Waals surface area contributed by atoms with Crippen molar-refractivity contribution in [3.8, 4) is 11.5 Å². The Hall–Kier alpha value is -4.56. The Morgan fingerprint density at radius 3 is 2.23 bits per heavy atom. The molecular formula is C38H38Cl2F3N3O7. The number of aromatic nitrogens is 1. The SMILES string of the molecule is COc1ccc([C@H](Cc2c(Cl)c[nH+]cc2Cl)OC(=O)c2ccc(CN(C(=O)O[C@H]3CN4CCC3CC4)c3cccc(C(F)(F)F)c3)cc2)cc1OC.[OH-]. The third-order valence-corrected chi connectivity index (χ3v) is 10.2. The molecule has 7 rings (SSSR count). The molecular weight excluding hydrogens is 738 g/mol. The minimum atomic E-state index is -4.60. The van der Waals surface area contributed by atoms with Gasteiger partial charge in [0.05, 0.1) is 31.9 Å². The Bertz CT molecular complexity index is 1890. The first kappa shape index (κ1) is 39.6. The summed E-state index contributed by atoms with van der Waals surface area (Å²) in [5.74, 6) is 0.473. The summed E-state index contributed by atoms with van der Waals surface area (Å²) in [5, 5.41) is 0.714. The van der Waals surface area contributed by atoms with E-state index in [1.54, 1.807) is 42.7 Å². The van der Waals surface area contributed by atoms with Crippen LogP contribution < -0.4 is 19.4 Å². The topological polar surface area (TPSA) is 122 Å². The second kappa shape index (κ2) is 17.1. The van der Waals surface area contributed by atoms with Crippen LogP contribution in [-0.2, 0) is 28.6 Å². The van der Waals surface area contributed by atoms with Crippen LogP contribution in [0.4, 0.5) is 23.7 Å². The molecule has 2 N–H and O–H groups in total. The molecule has 3 saturated heterocycles. The normalized spacial score (nSPS) is 18.4. The molecule has 282 valence electrons. The van der Waals surface area contributed by atoms with E-state index < -0.39 is 29.9 Å². The van der Waals surface area contributed by atoms with Crippen molar-refractivity contribution >= 4 is 41.0 Å². The van der Waals surface area contributed by atoms with Gasteiger partial charge in [0, 0.05) is 24.2 Å². The summed E-state index contributed by atoms with van der Waals surface area (Å²) >= 11 is 12.9. The highest BCUT2D eigenvalue weighted by molar-refractivity contribution is 6.35. The molecule has 3 fully saturated rings. The van der Waals surface area contributed by atoms with Gasteiger partial charge < -0.3 is 24.4 Å². The van der Waals surface area contributed by atoms with Gasteiger partial charge in [0.2, 0.25) is 0 Å². The first-order valence-electron chi connectivity index (χ1n) is 16.7. The smallest absolute Gasteiger partial charge is 0.416 e. The number of pyridine rings is 1. The number of nitrogens with zero attached hydrogens (tertiary/aromatic N) is 2. The summed E-state index contributed by atoms with van der Waals surface area (Å²) in [4.78, 5) is 33.5. The van der Waals surface area contributed by atoms with Crippen molar-refractivity contribution < 1.29 is 52.2 Å². The van der Waals surface area contributed by atoms with Gasteiger partial charge in [0.25, 0.3) is 0 Å². The number of ether oxygens (including phenoxy) is 4. The quantitative estimate of drug-likeness (QED) is 0.140. The van der Waals surface area contributed by atoms with Crippen molar-refractivity contribution in [3.05, 3.63) is 117 Å². The number of piperidine rings is 3. The summed E-state index contributed by atoms with van der Waals surface area (Å²) in [7, 11) is 3.01. The standard InChI is InChI=1S/C38H36Cl2F3N3O6.H2O/c1-49-32-11-10-26(16-34(32)50-2)33(18-29-30(39)19-44-20-31(29)40)51-36(47)25-8-6-23(7-9-25)21-46(28-5-3-4-27(17-28)38(41,42)43)37(48)52-35-22-45-14-12-24(35)13-15-45;/h3-11,16-17,19-20,24,33,35H,12-15,18,21-22H2,1-2H3;1H2/t33-,35-;/m0./s1. The number of esters is 1. The number of nitrogens with one attached hydrogen (secondary N) is 1. The maximum atomic E-state index is 13.7. The van der Waals surface area contributed by atoms with Gasteiger partial charge >= 0.3 is 18.2 Å². The van der Waals surface area contributed by atoms with Crippen molar-refractivity contribution in [2.45, 2.75) is 44.2 Å². The molecule has 0 unspecified atom stereocenters. The largest absolute Gasteiger partial charge is 0.870 e. The summed E-state index contributed by atoms with van der Waals surface area (Å²) in [6.07, 6.45) is -1.45. The maximum absolute atomic E-state index is 13.7. The molecule has 4 aromatic rings. The number of fused-ring (bicyclic) bond motifs is 3. The number of H-pyrrole nitrogens is 1. The number of amides is 1. The number of anilines is 1. The number of rotatable bonds is 11. The molecule has 10 nitrogen and oxygen atoms in total. The Kier molecular flexibility index (Phi) is 12.8. The molecule has 15 heteroatoms. The van der Waals surface area contributed by atoms with Crippen molar-refractivity contribution in [1.82, 2.24) is 4.90 Å². The predicted octanol–water partition coefficient (Wildman–Crippen LogP) is 8.04. The van der Waals surface area contributed by atoms with Crippen molar-refractivity contribution in [1.29, 1.82) is 0 Å². The fraction of sp³-hybridized carbons (Fsp3) is 0.342. The molecule has 53 heavy (non-hydrogen) atoms. The van der Waals surface area contributed by atoms with E-state index in [0.717, 1.165) is 38.1 Å². The zero-order valence-corrected chi connectivity index (χ0v) is 30.4. The van der Waals surface area contributed by atoms with Gasteiger partial charge in [-0.3, -0.25) is 9.80 Å². The van der Waals surface area contributed by atoms with Crippen molar-refractivity contribution in [2.75, 3.05) is 38.8 Å². The molecule has 4 heterocycles. The van der Waals surface area contributed by atoms with Gasteiger partial charge in [0.15, 0.2) is 23.9 Å². The molecule has 0 spiro atoms. The Morgan fingerprint density at radius 2 is 1.62 bits per heavy atom. The number of hydrogen-bond acceptors (Lipinski definition) is 8. The minimum absolute atomic E-state index is 0. The molecule has 3 aromatic carbocycles. The van der Waals surface area contributed by atoms with Crippen molar-refractivity contribution in [2.24, 2.45) is 5.92 Å². The van der Waals surface area contributed by atoms with Gasteiger partial charge in [-0.1, -0.05) is 47.5 Å². The summed E-state index contributed by atoms with van der Waals surface area (Å²) in [6, 6.07) is 16.0. The fourth-order valence-electron chi connectivity index (χ4n) is 6.61. The number of alkyl halides is 3. The molecule has 0 radical (unpaired) electrons. The van der Waals surface area contributed by atoms with Crippen LogP contribution in [0.2, 0.25) is 10.0 Å². The van der Waals surface area contributed by atoms with Crippen LogP contribution >= 0.6 is 23.2 Å². The number of carbonyl (C=O) groups is 2. The number of aromatic amines is 1. The lowest BCUT2D eigenvalue weighted by Gasteiger charge is -2.44. The van der Waals surface area contributed by atoms with Crippen LogP contribution in [0.15, 0.2) is 79.1 Å². The zero-order chi connectivity index (χ0) is 37.0. The summed E-state index contributed by atoms with van der Waals surface area (Å²) < 4.78 is 63.8. The Balaban J connectivity index is 0.00000541. The number of halogens is 5.